The molecule has 3 rings (SSSR count). The first-order valence-electron chi connectivity index (χ1n) is 8.23. The van der Waals surface area contributed by atoms with Gasteiger partial charge >= 0.3 is 0 Å². The minimum atomic E-state index is -4.51. The van der Waals surface area contributed by atoms with Crippen molar-refractivity contribution in [3.8, 4) is 0 Å². The average Bonchev–Trinajstić information content (AvgIpc) is 2.96. The summed E-state index contributed by atoms with van der Waals surface area (Å²) in [5.41, 5.74) is 1.09. The monoisotopic (exact) mass is 449 g/mol. The number of nitrogens with one attached hydrogen (secondary N) is 1. The molecular formula is C16H17Cl2N3O4S2. The number of nitrogens with zero attached hydrogens (tertiary/aromatic N) is 2. The van der Waals surface area contributed by atoms with Gasteiger partial charge in [-0.3, -0.25) is 14.3 Å². The molecule has 0 bridgehead atoms. The van der Waals surface area contributed by atoms with Gasteiger partial charge in [-0.25, -0.2) is 0 Å². The van der Waals surface area contributed by atoms with Crippen molar-refractivity contribution < 1.29 is 17.8 Å². The predicted molar refractivity (Wildman–Crippen MR) is 108 cm³/mol. The molecule has 0 spiro atoms. The summed E-state index contributed by atoms with van der Waals surface area (Å²) in [6, 6.07) is 2.21. The lowest BCUT2D eigenvalue weighted by Gasteiger charge is -2.25. The molecule has 1 aromatic rings. The molecular weight excluding hydrogens is 433 g/mol. The fourth-order valence-corrected chi connectivity index (χ4v) is 5.29. The molecule has 0 aliphatic carbocycles. The molecule has 1 amide bonds. The van der Waals surface area contributed by atoms with E-state index in [1.54, 1.807) is 0 Å². The molecule has 146 valence electrons. The lowest BCUT2D eigenvalue weighted by Crippen LogP contribution is -2.29. The Hall–Kier alpha value is -1.26. The van der Waals surface area contributed by atoms with Crippen LogP contribution in [0.4, 0.5) is 5.69 Å². The summed E-state index contributed by atoms with van der Waals surface area (Å²) in [6.07, 6.45) is 2.56. The topological polar surface area (TPSA) is 99.1 Å². The molecule has 0 unspecified atom stereocenters. The molecule has 1 aromatic carbocycles. The van der Waals surface area contributed by atoms with E-state index in [-0.39, 0.29) is 21.6 Å². The standard InChI is InChI=1S/C16H17Cl2N3O4S2/c1-2-4-12-14(26-16-19-5-3-6-21(12)16)15(22)20-11-7-10(18)13(8-9(11)17)27(23,24)25/h7-8H,2-6H2,1H3,(H,20,22)(H,23,24,25). The third-order valence-corrected chi connectivity index (χ3v) is 6.83. The van der Waals surface area contributed by atoms with E-state index in [2.05, 4.69) is 15.2 Å². The van der Waals surface area contributed by atoms with Gasteiger partial charge in [0, 0.05) is 18.8 Å². The van der Waals surface area contributed by atoms with Gasteiger partial charge in [-0.15, -0.1) is 0 Å². The van der Waals surface area contributed by atoms with Gasteiger partial charge in [0.05, 0.1) is 20.6 Å². The highest BCUT2D eigenvalue weighted by molar-refractivity contribution is 8.18. The van der Waals surface area contributed by atoms with Crippen LogP contribution in [-0.2, 0) is 14.9 Å². The first-order chi connectivity index (χ1) is 12.7. The zero-order valence-corrected chi connectivity index (χ0v) is 17.5. The van der Waals surface area contributed by atoms with Crippen LogP contribution in [0.1, 0.15) is 26.2 Å². The fourth-order valence-electron chi connectivity index (χ4n) is 2.86. The van der Waals surface area contributed by atoms with Crippen molar-refractivity contribution in [3.63, 3.8) is 0 Å². The van der Waals surface area contributed by atoms with Gasteiger partial charge in [0.1, 0.15) is 4.90 Å². The second-order valence-electron chi connectivity index (χ2n) is 5.99. The Labute approximate surface area is 171 Å². The van der Waals surface area contributed by atoms with E-state index in [0.29, 0.717) is 4.91 Å². The van der Waals surface area contributed by atoms with Crippen LogP contribution in [0.15, 0.2) is 32.6 Å². The minimum Gasteiger partial charge on any atom is -0.323 e. The number of benzene rings is 1. The van der Waals surface area contributed by atoms with Gasteiger partial charge in [0.2, 0.25) is 0 Å². The van der Waals surface area contributed by atoms with Crippen LogP contribution in [0.25, 0.3) is 0 Å². The van der Waals surface area contributed by atoms with Crippen molar-refractivity contribution in [1.29, 1.82) is 0 Å². The third kappa shape index (κ3) is 4.27. The number of rotatable bonds is 5. The fraction of sp³-hybridized carbons (Fsp3) is 0.375. The van der Waals surface area contributed by atoms with E-state index in [1.165, 1.54) is 17.8 Å². The first kappa shape index (κ1) is 20.5. The zero-order valence-electron chi connectivity index (χ0n) is 14.3. The number of amides is 1. The molecule has 0 saturated carbocycles. The Morgan fingerprint density at radius 3 is 2.78 bits per heavy atom. The highest BCUT2D eigenvalue weighted by atomic mass is 35.5. The molecule has 7 nitrogen and oxygen atoms in total. The lowest BCUT2D eigenvalue weighted by atomic mass is 10.2. The summed E-state index contributed by atoms with van der Waals surface area (Å²) in [7, 11) is -4.51. The normalized spacial score (nSPS) is 17.0. The van der Waals surface area contributed by atoms with E-state index >= 15 is 0 Å². The minimum absolute atomic E-state index is 0.0453. The first-order valence-corrected chi connectivity index (χ1v) is 11.2. The Morgan fingerprint density at radius 1 is 1.37 bits per heavy atom. The van der Waals surface area contributed by atoms with Gasteiger partial charge in [-0.2, -0.15) is 8.42 Å². The second-order valence-corrected chi connectivity index (χ2v) is 9.17. The van der Waals surface area contributed by atoms with Crippen molar-refractivity contribution in [2.75, 3.05) is 18.4 Å². The molecule has 2 aliphatic heterocycles. The molecule has 0 saturated heterocycles. The van der Waals surface area contributed by atoms with Gasteiger partial charge < -0.3 is 10.2 Å². The van der Waals surface area contributed by atoms with Gasteiger partial charge in [0.25, 0.3) is 16.0 Å². The number of hydrogen-bond donors (Lipinski definition) is 2. The largest absolute Gasteiger partial charge is 0.323 e. The number of anilines is 1. The third-order valence-electron chi connectivity index (χ3n) is 4.04. The second kappa shape index (κ2) is 8.00. The molecule has 2 aliphatic rings. The maximum absolute atomic E-state index is 12.8. The SMILES string of the molecule is CCCC1=C(C(=O)Nc2cc(Cl)c(S(=O)(=O)O)cc2Cl)SC2=NCCCN21. The molecule has 11 heteroatoms. The number of thioether (sulfide) groups is 1. The van der Waals surface area contributed by atoms with Crippen LogP contribution in [0.3, 0.4) is 0 Å². The molecule has 27 heavy (non-hydrogen) atoms. The van der Waals surface area contributed by atoms with E-state index in [4.69, 9.17) is 27.8 Å². The summed E-state index contributed by atoms with van der Waals surface area (Å²) in [5, 5.41) is 3.22. The molecule has 0 aromatic heterocycles. The van der Waals surface area contributed by atoms with Crippen LogP contribution < -0.4 is 5.32 Å². The van der Waals surface area contributed by atoms with Gasteiger partial charge in [0.15, 0.2) is 5.17 Å². The van der Waals surface area contributed by atoms with Crippen LogP contribution in [0, 0.1) is 0 Å². The average molecular weight is 450 g/mol. The highest BCUT2D eigenvalue weighted by Gasteiger charge is 2.34. The quantitative estimate of drug-likeness (QED) is 0.658. The predicted octanol–water partition coefficient (Wildman–Crippen LogP) is 4.00. The lowest BCUT2D eigenvalue weighted by molar-refractivity contribution is -0.112. The number of hydrogen-bond acceptors (Lipinski definition) is 6. The van der Waals surface area contributed by atoms with E-state index < -0.39 is 15.0 Å². The van der Waals surface area contributed by atoms with Crippen molar-refractivity contribution in [2.45, 2.75) is 31.1 Å². The molecule has 0 atom stereocenters. The number of halogens is 2. The summed E-state index contributed by atoms with van der Waals surface area (Å²) in [6.45, 7) is 3.61. The van der Waals surface area contributed by atoms with Crippen molar-refractivity contribution in [2.24, 2.45) is 4.99 Å². The van der Waals surface area contributed by atoms with Crippen molar-refractivity contribution >= 4 is 61.8 Å². The maximum atomic E-state index is 12.8. The number of carbonyl (C=O) groups excluding carboxylic acids is 1. The number of fused-ring (bicyclic) bond motifs is 1. The van der Waals surface area contributed by atoms with Crippen LogP contribution >= 0.6 is 35.0 Å². The van der Waals surface area contributed by atoms with E-state index in [9.17, 15) is 13.2 Å². The molecule has 0 radical (unpaired) electrons. The van der Waals surface area contributed by atoms with E-state index in [1.807, 2.05) is 6.92 Å². The zero-order chi connectivity index (χ0) is 19.8. The smallest absolute Gasteiger partial charge is 0.296 e. The number of amidine groups is 1. The maximum Gasteiger partial charge on any atom is 0.296 e. The Morgan fingerprint density at radius 2 is 2.11 bits per heavy atom. The molecule has 0 fully saturated rings. The number of allylic oxidation sites excluding steroid dienone is 1. The Balaban J connectivity index is 1.91. The molecule has 2 heterocycles. The van der Waals surface area contributed by atoms with Crippen molar-refractivity contribution in [1.82, 2.24) is 4.90 Å². The number of aliphatic imine (C=N–C) groups is 1. The summed E-state index contributed by atoms with van der Waals surface area (Å²) >= 11 is 13.3. The summed E-state index contributed by atoms with van der Waals surface area (Å²) in [5.74, 6) is -0.363. The summed E-state index contributed by atoms with van der Waals surface area (Å²) in [4.78, 5) is 19.4. The van der Waals surface area contributed by atoms with Crippen LogP contribution in [0.5, 0.6) is 0 Å². The van der Waals surface area contributed by atoms with E-state index in [0.717, 1.165) is 49.3 Å². The van der Waals surface area contributed by atoms with Crippen LogP contribution in [0.2, 0.25) is 10.0 Å². The van der Waals surface area contributed by atoms with Crippen molar-refractivity contribution in [3.05, 3.63) is 32.8 Å². The van der Waals surface area contributed by atoms with Gasteiger partial charge in [-0.05, 0) is 36.7 Å². The highest BCUT2D eigenvalue weighted by Crippen LogP contribution is 2.39. The van der Waals surface area contributed by atoms with Gasteiger partial charge in [-0.1, -0.05) is 36.5 Å². The number of carbonyl (C=O) groups is 1. The van der Waals surface area contributed by atoms with Crippen LogP contribution in [-0.4, -0.2) is 42.0 Å². The summed E-state index contributed by atoms with van der Waals surface area (Å²) < 4.78 is 31.8. The Bertz CT molecular complexity index is 961. The Kier molecular flexibility index (Phi) is 6.07. The molecule has 2 N–H and O–H groups in total.